The van der Waals surface area contributed by atoms with Gasteiger partial charge in [0.25, 0.3) is 0 Å². The molecule has 1 saturated carbocycles. The number of hydrogen-bond acceptors (Lipinski definition) is 4. The molecule has 0 radical (unpaired) electrons. The summed E-state index contributed by atoms with van der Waals surface area (Å²) in [6, 6.07) is 10.5. The molecule has 3 aliphatic rings. The van der Waals surface area contributed by atoms with Crippen LogP contribution in [0.2, 0.25) is 0 Å². The summed E-state index contributed by atoms with van der Waals surface area (Å²) in [5.41, 5.74) is 0.788. The Hall–Kier alpha value is -1.43. The van der Waals surface area contributed by atoms with Crippen molar-refractivity contribution in [2.75, 3.05) is 46.0 Å². The Morgan fingerprint density at radius 3 is 2.40 bits per heavy atom. The van der Waals surface area contributed by atoms with Gasteiger partial charge in [-0.15, -0.1) is 0 Å². The topological polar surface area (TPSA) is 53.0 Å². The molecule has 1 aliphatic carbocycles. The maximum absolute atomic E-state index is 14.0. The van der Waals surface area contributed by atoms with Gasteiger partial charge in [0.1, 0.15) is 5.54 Å². The quantitative estimate of drug-likeness (QED) is 0.776. The Morgan fingerprint density at radius 2 is 1.70 bits per heavy atom. The molecule has 0 aromatic heterocycles. The first kappa shape index (κ1) is 21.8. The number of rotatable bonds is 6. The number of hydrogen-bond donors (Lipinski definition) is 1. The molecule has 5 nitrogen and oxygen atoms in total. The zero-order chi connectivity index (χ0) is 20.9. The Balaban J connectivity index is 1.49. The first-order valence-corrected chi connectivity index (χ1v) is 11.9. The van der Waals surface area contributed by atoms with Crippen molar-refractivity contribution in [1.29, 1.82) is 0 Å². The number of carbonyl (C=O) groups excluding carboxylic acids is 1. The third-order valence-corrected chi connectivity index (χ3v) is 7.77. The van der Waals surface area contributed by atoms with Crippen molar-refractivity contribution in [2.45, 2.75) is 63.3 Å². The number of aliphatic hydroxyl groups is 1. The van der Waals surface area contributed by atoms with Gasteiger partial charge in [-0.25, -0.2) is 0 Å². The number of amides is 1. The third-order valence-electron chi connectivity index (χ3n) is 7.77. The fourth-order valence-electron chi connectivity index (χ4n) is 5.94. The summed E-state index contributed by atoms with van der Waals surface area (Å²) < 4.78 is 5.59. The minimum atomic E-state index is -0.347. The second-order valence-electron chi connectivity index (χ2n) is 9.67. The first-order valence-electron chi connectivity index (χ1n) is 11.9. The first-order chi connectivity index (χ1) is 14.7. The lowest BCUT2D eigenvalue weighted by molar-refractivity contribution is -0.155. The van der Waals surface area contributed by atoms with Gasteiger partial charge in [0.05, 0.1) is 19.8 Å². The Morgan fingerprint density at radius 1 is 0.967 bits per heavy atom. The molecule has 0 spiro atoms. The lowest BCUT2D eigenvalue weighted by atomic mass is 9.74. The Labute approximate surface area is 181 Å². The molecule has 2 saturated heterocycles. The van der Waals surface area contributed by atoms with E-state index in [1.165, 1.54) is 12.0 Å². The van der Waals surface area contributed by atoms with E-state index in [2.05, 4.69) is 34.1 Å². The average Bonchev–Trinajstić information content (AvgIpc) is 2.84. The van der Waals surface area contributed by atoms with Crippen LogP contribution in [0.4, 0.5) is 0 Å². The van der Waals surface area contributed by atoms with Crippen LogP contribution in [0.15, 0.2) is 30.3 Å². The second kappa shape index (κ2) is 9.80. The van der Waals surface area contributed by atoms with Crippen molar-refractivity contribution in [3.05, 3.63) is 35.9 Å². The van der Waals surface area contributed by atoms with Crippen LogP contribution in [0.25, 0.3) is 0 Å². The number of aliphatic hydroxyl groups excluding tert-OH is 1. The summed E-state index contributed by atoms with van der Waals surface area (Å²) in [4.78, 5) is 18.6. The molecular weight excluding hydrogens is 376 g/mol. The maximum atomic E-state index is 14.0. The summed E-state index contributed by atoms with van der Waals surface area (Å²) in [6.07, 6.45) is 9.32. The summed E-state index contributed by atoms with van der Waals surface area (Å²) in [5.74, 6) is 0.321. The highest BCUT2D eigenvalue weighted by Crippen LogP contribution is 2.40. The molecule has 166 valence electrons. The van der Waals surface area contributed by atoms with E-state index in [0.29, 0.717) is 12.5 Å². The van der Waals surface area contributed by atoms with Crippen LogP contribution < -0.4 is 0 Å². The van der Waals surface area contributed by atoms with Gasteiger partial charge in [-0.05, 0) is 44.1 Å². The van der Waals surface area contributed by atoms with E-state index in [1.807, 2.05) is 6.07 Å². The molecule has 1 aromatic carbocycles. The maximum Gasteiger partial charge on any atom is 0.243 e. The minimum absolute atomic E-state index is 0.161. The highest BCUT2D eigenvalue weighted by atomic mass is 16.5. The van der Waals surface area contributed by atoms with Gasteiger partial charge in [0.15, 0.2) is 0 Å². The Bertz CT molecular complexity index is 683. The molecule has 2 heterocycles. The predicted molar refractivity (Wildman–Crippen MR) is 118 cm³/mol. The number of aryl methyl sites for hydroxylation is 1. The molecule has 1 aromatic rings. The van der Waals surface area contributed by atoms with E-state index in [0.717, 1.165) is 84.2 Å². The molecule has 0 bridgehead atoms. The van der Waals surface area contributed by atoms with Crippen molar-refractivity contribution in [1.82, 2.24) is 9.80 Å². The summed E-state index contributed by atoms with van der Waals surface area (Å²) in [6.45, 7) is 4.87. The zero-order valence-electron chi connectivity index (χ0n) is 18.4. The molecule has 30 heavy (non-hydrogen) atoms. The van der Waals surface area contributed by atoms with Crippen molar-refractivity contribution in [3.63, 3.8) is 0 Å². The van der Waals surface area contributed by atoms with Gasteiger partial charge < -0.3 is 14.7 Å². The largest absolute Gasteiger partial charge is 0.396 e. The van der Waals surface area contributed by atoms with E-state index in [9.17, 15) is 9.90 Å². The summed E-state index contributed by atoms with van der Waals surface area (Å²) in [5, 5.41) is 10.4. The lowest BCUT2D eigenvalue weighted by Crippen LogP contribution is -2.64. The van der Waals surface area contributed by atoms with E-state index in [4.69, 9.17) is 4.74 Å². The van der Waals surface area contributed by atoms with Gasteiger partial charge in [0, 0.05) is 31.6 Å². The molecule has 4 rings (SSSR count). The smallest absolute Gasteiger partial charge is 0.243 e. The van der Waals surface area contributed by atoms with E-state index in [1.54, 1.807) is 0 Å². The number of nitrogens with zero attached hydrogens (tertiary/aromatic N) is 2. The van der Waals surface area contributed by atoms with Crippen molar-refractivity contribution in [2.24, 2.45) is 5.41 Å². The number of piperidine rings is 1. The molecule has 5 heteroatoms. The van der Waals surface area contributed by atoms with Crippen LogP contribution in [-0.2, 0) is 16.0 Å². The normalized spacial score (nSPS) is 27.7. The van der Waals surface area contributed by atoms with Gasteiger partial charge >= 0.3 is 0 Å². The van der Waals surface area contributed by atoms with E-state index < -0.39 is 0 Å². The van der Waals surface area contributed by atoms with Crippen molar-refractivity contribution >= 4 is 5.91 Å². The summed E-state index contributed by atoms with van der Waals surface area (Å²) in [7, 11) is 0. The standard InChI is InChI=1S/C25H38N2O3/c28-21-24(14-10-22-8-3-1-4-9-22)11-7-15-26(20-24)23(29)25(12-5-2-6-13-25)27-16-18-30-19-17-27/h1,3-4,8-9,28H,2,5-7,10-21H2/t24-/m1/s1. The van der Waals surface area contributed by atoms with Gasteiger partial charge in [-0.3, -0.25) is 9.69 Å². The molecule has 2 aliphatic heterocycles. The predicted octanol–water partition coefficient (Wildman–Crippen LogP) is 3.26. The van der Waals surface area contributed by atoms with Crippen LogP contribution in [0.3, 0.4) is 0 Å². The molecule has 1 amide bonds. The zero-order valence-corrected chi connectivity index (χ0v) is 18.4. The Kier molecular flexibility index (Phi) is 7.12. The average molecular weight is 415 g/mol. The SMILES string of the molecule is O=C(N1CCC[C@@](CO)(CCc2ccccc2)C1)C1(N2CCOCC2)CCCCC1. The van der Waals surface area contributed by atoms with Crippen LogP contribution in [-0.4, -0.2) is 72.4 Å². The number of benzene rings is 1. The molecular formula is C25H38N2O3. The van der Waals surface area contributed by atoms with Crippen LogP contribution in [0, 0.1) is 5.41 Å². The van der Waals surface area contributed by atoms with Crippen LogP contribution in [0.1, 0.15) is 56.9 Å². The third kappa shape index (κ3) is 4.58. The monoisotopic (exact) mass is 414 g/mol. The van der Waals surface area contributed by atoms with Gasteiger partial charge in [-0.1, -0.05) is 49.6 Å². The van der Waals surface area contributed by atoms with E-state index >= 15 is 0 Å². The van der Waals surface area contributed by atoms with Crippen LogP contribution >= 0.6 is 0 Å². The number of morpholine rings is 1. The van der Waals surface area contributed by atoms with Crippen molar-refractivity contribution < 1.29 is 14.6 Å². The molecule has 1 atom stereocenters. The molecule has 0 unspecified atom stereocenters. The molecule has 3 fully saturated rings. The van der Waals surface area contributed by atoms with E-state index in [-0.39, 0.29) is 17.6 Å². The highest BCUT2D eigenvalue weighted by Gasteiger charge is 2.49. The van der Waals surface area contributed by atoms with Gasteiger partial charge in [-0.2, -0.15) is 0 Å². The summed E-state index contributed by atoms with van der Waals surface area (Å²) >= 11 is 0. The minimum Gasteiger partial charge on any atom is -0.396 e. The second-order valence-corrected chi connectivity index (χ2v) is 9.67. The highest BCUT2D eigenvalue weighted by molar-refractivity contribution is 5.86. The van der Waals surface area contributed by atoms with Crippen molar-refractivity contribution in [3.8, 4) is 0 Å². The fraction of sp³-hybridized carbons (Fsp3) is 0.720. The number of carbonyl (C=O) groups is 1. The van der Waals surface area contributed by atoms with Crippen LogP contribution in [0.5, 0.6) is 0 Å². The lowest BCUT2D eigenvalue weighted by Gasteiger charge is -2.51. The fourth-order valence-corrected chi connectivity index (χ4v) is 5.94. The molecule has 1 N–H and O–H groups in total. The number of ether oxygens (including phenoxy) is 1. The van der Waals surface area contributed by atoms with Gasteiger partial charge in [0.2, 0.25) is 5.91 Å². The number of likely N-dealkylation sites (tertiary alicyclic amines) is 1.